The van der Waals surface area contributed by atoms with Crippen molar-refractivity contribution in [2.75, 3.05) is 44.5 Å². The van der Waals surface area contributed by atoms with E-state index in [1.807, 2.05) is 18.2 Å². The van der Waals surface area contributed by atoms with Crippen LogP contribution in [0, 0.1) is 11.8 Å². The molecule has 10 nitrogen and oxygen atoms in total. The maximum Gasteiger partial charge on any atom is 0.265 e. The molecule has 2 bridgehead atoms. The average Bonchev–Trinajstić information content (AvgIpc) is 3.12. The van der Waals surface area contributed by atoms with E-state index in [0.29, 0.717) is 36.2 Å². The SMILES string of the molecule is CN([C@H]1/C=C/COC(C)(C)C(=O)NS(=O)(=O)c2ccc3c(c2)N(C[C@@H]2CC[C@H]21)C[C@@]1(CCCc2cc(Cl)ccc21)CO3)S(C)(=O)=O. The molecule has 1 saturated carbocycles. The van der Waals surface area contributed by atoms with Gasteiger partial charge >= 0.3 is 0 Å². The van der Waals surface area contributed by atoms with Gasteiger partial charge in [-0.1, -0.05) is 29.8 Å². The molecule has 1 amide bonds. The van der Waals surface area contributed by atoms with Gasteiger partial charge in [-0.05, 0) is 99.2 Å². The van der Waals surface area contributed by atoms with E-state index in [9.17, 15) is 21.6 Å². The number of rotatable bonds is 2. The highest BCUT2D eigenvalue weighted by Gasteiger charge is 2.45. The van der Waals surface area contributed by atoms with Crippen molar-refractivity contribution in [1.29, 1.82) is 0 Å². The second-order valence-electron chi connectivity index (χ2n) is 13.7. The Morgan fingerprint density at radius 2 is 1.91 bits per heavy atom. The molecular formula is C33H42ClN3O7S2. The van der Waals surface area contributed by atoms with Gasteiger partial charge in [0.1, 0.15) is 11.4 Å². The number of anilines is 1. The lowest BCUT2D eigenvalue weighted by Gasteiger charge is -2.47. The Morgan fingerprint density at radius 3 is 2.63 bits per heavy atom. The van der Waals surface area contributed by atoms with Crippen LogP contribution in [0.3, 0.4) is 0 Å². The lowest BCUT2D eigenvalue weighted by atomic mass is 9.68. The van der Waals surface area contributed by atoms with Gasteiger partial charge in [-0.15, -0.1) is 0 Å². The van der Waals surface area contributed by atoms with Crippen LogP contribution in [0.4, 0.5) is 5.69 Å². The summed E-state index contributed by atoms with van der Waals surface area (Å²) < 4.78 is 68.6. The molecule has 2 aliphatic carbocycles. The molecule has 2 aromatic rings. The number of benzene rings is 2. The minimum absolute atomic E-state index is 0.000209. The molecule has 2 heterocycles. The molecular weight excluding hydrogens is 650 g/mol. The molecule has 4 aliphatic rings. The van der Waals surface area contributed by atoms with Gasteiger partial charge in [0.15, 0.2) is 0 Å². The van der Waals surface area contributed by atoms with Gasteiger partial charge in [0.2, 0.25) is 10.0 Å². The largest absolute Gasteiger partial charge is 0.490 e. The smallest absolute Gasteiger partial charge is 0.265 e. The Kier molecular flexibility index (Phi) is 8.76. The number of aryl methyl sites for hydroxylation is 1. The molecule has 2 aromatic carbocycles. The molecule has 13 heteroatoms. The maximum absolute atomic E-state index is 13.6. The van der Waals surface area contributed by atoms with Crippen LogP contribution in [0.5, 0.6) is 5.75 Å². The minimum Gasteiger partial charge on any atom is -0.490 e. The van der Waals surface area contributed by atoms with E-state index in [0.717, 1.165) is 32.1 Å². The van der Waals surface area contributed by atoms with Crippen molar-refractivity contribution in [3.05, 3.63) is 64.7 Å². The average molecular weight is 692 g/mol. The number of likely N-dealkylation sites (N-methyl/N-ethyl adjacent to an activating group) is 1. The number of ether oxygens (including phenoxy) is 2. The van der Waals surface area contributed by atoms with Gasteiger partial charge in [-0.2, -0.15) is 4.31 Å². The van der Waals surface area contributed by atoms with Crippen molar-refractivity contribution in [3.63, 3.8) is 0 Å². The highest BCUT2D eigenvalue weighted by molar-refractivity contribution is 7.90. The van der Waals surface area contributed by atoms with Crippen LogP contribution in [0.1, 0.15) is 50.7 Å². The Labute approximate surface area is 277 Å². The first kappa shape index (κ1) is 33.3. The highest BCUT2D eigenvalue weighted by atomic mass is 35.5. The zero-order valence-electron chi connectivity index (χ0n) is 26.7. The lowest BCUT2D eigenvalue weighted by molar-refractivity contribution is -0.139. The van der Waals surface area contributed by atoms with Gasteiger partial charge in [0, 0.05) is 36.6 Å². The highest BCUT2D eigenvalue weighted by Crippen LogP contribution is 2.47. The van der Waals surface area contributed by atoms with E-state index in [1.54, 1.807) is 25.3 Å². The van der Waals surface area contributed by atoms with Crippen LogP contribution >= 0.6 is 11.6 Å². The van der Waals surface area contributed by atoms with Gasteiger partial charge in [0.05, 0.1) is 30.1 Å². The van der Waals surface area contributed by atoms with Gasteiger partial charge in [-0.25, -0.2) is 21.6 Å². The number of fused-ring (bicyclic) bond motifs is 4. The molecule has 250 valence electrons. The van der Waals surface area contributed by atoms with E-state index >= 15 is 0 Å². The quantitative estimate of drug-likeness (QED) is 0.464. The summed E-state index contributed by atoms with van der Waals surface area (Å²) in [6.45, 7) is 4.57. The summed E-state index contributed by atoms with van der Waals surface area (Å²) >= 11 is 6.40. The zero-order valence-corrected chi connectivity index (χ0v) is 29.1. The van der Waals surface area contributed by atoms with Crippen molar-refractivity contribution in [1.82, 2.24) is 9.03 Å². The molecule has 0 aromatic heterocycles. The second kappa shape index (κ2) is 12.1. The first-order chi connectivity index (χ1) is 21.6. The fraction of sp³-hybridized carbons (Fsp3) is 0.545. The molecule has 0 radical (unpaired) electrons. The Morgan fingerprint density at radius 1 is 1.13 bits per heavy atom. The lowest BCUT2D eigenvalue weighted by Crippen LogP contribution is -2.52. The summed E-state index contributed by atoms with van der Waals surface area (Å²) in [4.78, 5) is 15.3. The van der Waals surface area contributed by atoms with Gasteiger partial charge < -0.3 is 14.4 Å². The molecule has 1 spiro atoms. The third kappa shape index (κ3) is 6.31. The summed E-state index contributed by atoms with van der Waals surface area (Å²) in [5, 5.41) is 0.690. The summed E-state index contributed by atoms with van der Waals surface area (Å²) in [7, 11) is -6.16. The minimum atomic E-state index is -4.24. The number of hydrogen-bond donors (Lipinski definition) is 1. The first-order valence-corrected chi connectivity index (χ1v) is 19.4. The summed E-state index contributed by atoms with van der Waals surface area (Å²) in [5.74, 6) is -0.0987. The second-order valence-corrected chi connectivity index (χ2v) is 17.9. The van der Waals surface area contributed by atoms with Gasteiger partial charge in [-0.3, -0.25) is 4.79 Å². The molecule has 4 atom stereocenters. The first-order valence-electron chi connectivity index (χ1n) is 15.7. The van der Waals surface area contributed by atoms with Crippen LogP contribution in [0.25, 0.3) is 0 Å². The van der Waals surface area contributed by atoms with E-state index in [4.69, 9.17) is 21.1 Å². The Hall–Kier alpha value is -2.64. The van der Waals surface area contributed by atoms with Crippen LogP contribution in [-0.4, -0.2) is 78.3 Å². The Bertz CT molecular complexity index is 1780. The van der Waals surface area contributed by atoms with Crippen molar-refractivity contribution in [3.8, 4) is 5.75 Å². The summed E-state index contributed by atoms with van der Waals surface area (Å²) in [6, 6.07) is 10.3. The number of halogens is 1. The standard InChI is InChI=1S/C33H42ClN3O7S2/c1-32(2)31(38)35-46(41,42)25-11-14-30-29(18-25)37(20-33(21-43-30)15-5-7-22-17-24(34)10-13-27(22)33)19-23-9-12-26(23)28(8-6-16-44-32)36(3)45(4,39)40/h6,8,10-11,13-14,17-18,23,26,28H,5,7,9,12,15-16,19-21H2,1-4H3,(H,35,38)/b8-6+/t23-,26+,28-,33-/m0/s1. The molecule has 46 heavy (non-hydrogen) atoms. The van der Waals surface area contributed by atoms with E-state index in [-0.39, 0.29) is 28.8 Å². The maximum atomic E-state index is 13.6. The molecule has 6 rings (SSSR count). The van der Waals surface area contributed by atoms with Crippen LogP contribution in [-0.2, 0) is 41.4 Å². The van der Waals surface area contributed by atoms with Gasteiger partial charge in [0.25, 0.3) is 15.9 Å². The van der Waals surface area contributed by atoms with Crippen molar-refractivity contribution < 1.29 is 31.1 Å². The Balaban J connectivity index is 1.47. The molecule has 2 aliphatic heterocycles. The summed E-state index contributed by atoms with van der Waals surface area (Å²) in [6.07, 6.45) is 9.27. The predicted octanol–water partition coefficient (Wildman–Crippen LogP) is 4.27. The number of sulfonamides is 2. The number of nitrogens with one attached hydrogen (secondary N) is 1. The molecule has 0 unspecified atom stereocenters. The van der Waals surface area contributed by atoms with Crippen LogP contribution < -0.4 is 14.4 Å². The number of carbonyl (C=O) groups excluding carboxylic acids is 1. The van der Waals surface area contributed by atoms with Crippen molar-refractivity contribution >= 4 is 43.2 Å². The predicted molar refractivity (Wildman–Crippen MR) is 177 cm³/mol. The molecule has 1 fully saturated rings. The summed E-state index contributed by atoms with van der Waals surface area (Å²) in [5.41, 5.74) is 1.17. The monoisotopic (exact) mass is 691 g/mol. The molecule has 1 N–H and O–H groups in total. The number of amides is 1. The van der Waals surface area contributed by atoms with Crippen LogP contribution in [0.2, 0.25) is 5.02 Å². The van der Waals surface area contributed by atoms with Crippen molar-refractivity contribution in [2.45, 2.75) is 67.9 Å². The third-order valence-corrected chi connectivity index (χ3v) is 13.1. The topological polar surface area (TPSA) is 122 Å². The third-order valence-electron chi connectivity index (χ3n) is 10.3. The number of hydrogen-bond acceptors (Lipinski definition) is 8. The normalized spacial score (nSPS) is 29.8. The van der Waals surface area contributed by atoms with E-state index in [2.05, 4.69) is 15.7 Å². The zero-order chi connectivity index (χ0) is 33.1. The van der Waals surface area contributed by atoms with Crippen LogP contribution in [0.15, 0.2) is 53.4 Å². The van der Waals surface area contributed by atoms with E-state index in [1.165, 1.54) is 41.6 Å². The number of nitrogens with zero attached hydrogens (tertiary/aromatic N) is 2. The fourth-order valence-electron chi connectivity index (χ4n) is 7.39. The van der Waals surface area contributed by atoms with Crippen molar-refractivity contribution in [2.24, 2.45) is 11.8 Å². The number of carbonyl (C=O) groups is 1. The van der Waals surface area contributed by atoms with E-state index < -0.39 is 37.6 Å². The molecule has 0 saturated heterocycles. The fourth-order valence-corrected chi connectivity index (χ4v) is 9.38.